The van der Waals surface area contributed by atoms with Crippen LogP contribution in [0.2, 0.25) is 0 Å². The lowest BCUT2D eigenvalue weighted by molar-refractivity contribution is 0.153. The first kappa shape index (κ1) is 26.2. The van der Waals surface area contributed by atoms with Gasteiger partial charge < -0.3 is 14.7 Å². The molecule has 1 unspecified atom stereocenters. The smallest absolute Gasteiger partial charge is 0.295 e. The van der Waals surface area contributed by atoms with Gasteiger partial charge in [-0.25, -0.2) is 4.98 Å². The summed E-state index contributed by atoms with van der Waals surface area (Å²) in [6.45, 7) is 2.20. The SMILES string of the molecule is Br.c1cnc2c(c1)CCCC2N(Cc1ccc(CNc2nc3ccccc3o2)cc1)Cc1nc2ccccc2[nH]1. The number of hydrogen-bond acceptors (Lipinski definition) is 6. The number of imidazole rings is 1. The van der Waals surface area contributed by atoms with Gasteiger partial charge in [-0.3, -0.25) is 9.88 Å². The summed E-state index contributed by atoms with van der Waals surface area (Å²) in [5, 5.41) is 3.31. The number of benzene rings is 3. The van der Waals surface area contributed by atoms with Crippen molar-refractivity contribution in [2.75, 3.05) is 5.32 Å². The minimum atomic E-state index is 0. The van der Waals surface area contributed by atoms with E-state index in [0.717, 1.165) is 53.9 Å². The second kappa shape index (κ2) is 11.6. The molecule has 7 rings (SSSR count). The number of aromatic nitrogens is 4. The number of para-hydroxylation sites is 4. The van der Waals surface area contributed by atoms with Gasteiger partial charge in [0.05, 0.1) is 29.3 Å². The van der Waals surface area contributed by atoms with E-state index in [1.165, 1.54) is 28.8 Å². The number of rotatable bonds is 8. The van der Waals surface area contributed by atoms with Crippen LogP contribution in [0.4, 0.5) is 6.01 Å². The summed E-state index contributed by atoms with van der Waals surface area (Å²) in [5.41, 5.74) is 8.74. The van der Waals surface area contributed by atoms with Crippen LogP contribution in [0, 0.1) is 0 Å². The quantitative estimate of drug-likeness (QED) is 0.191. The Morgan fingerprint density at radius 1 is 0.850 bits per heavy atom. The van der Waals surface area contributed by atoms with E-state index >= 15 is 0 Å². The molecule has 8 heteroatoms. The summed E-state index contributed by atoms with van der Waals surface area (Å²) < 4.78 is 5.80. The van der Waals surface area contributed by atoms with Gasteiger partial charge in [-0.1, -0.05) is 54.6 Å². The van der Waals surface area contributed by atoms with Gasteiger partial charge in [0.1, 0.15) is 11.3 Å². The van der Waals surface area contributed by atoms with Gasteiger partial charge >= 0.3 is 0 Å². The van der Waals surface area contributed by atoms with Crippen LogP contribution < -0.4 is 5.32 Å². The second-order valence-electron chi connectivity index (χ2n) is 10.2. The molecule has 0 spiro atoms. The van der Waals surface area contributed by atoms with Crippen molar-refractivity contribution in [3.8, 4) is 0 Å². The molecule has 2 N–H and O–H groups in total. The predicted octanol–water partition coefficient (Wildman–Crippen LogP) is 7.37. The van der Waals surface area contributed by atoms with Crippen molar-refractivity contribution in [1.82, 2.24) is 24.8 Å². The van der Waals surface area contributed by atoms with Crippen molar-refractivity contribution < 1.29 is 4.42 Å². The fourth-order valence-corrected chi connectivity index (χ4v) is 5.61. The molecular weight excluding hydrogens is 564 g/mol. The van der Waals surface area contributed by atoms with E-state index in [2.05, 4.69) is 68.7 Å². The molecule has 1 atom stereocenters. The third-order valence-electron chi connectivity index (χ3n) is 7.54. The van der Waals surface area contributed by atoms with E-state index in [-0.39, 0.29) is 23.0 Å². The maximum absolute atomic E-state index is 5.80. The molecule has 3 aromatic carbocycles. The summed E-state index contributed by atoms with van der Waals surface area (Å²) in [7, 11) is 0. The van der Waals surface area contributed by atoms with Crippen LogP contribution in [0.25, 0.3) is 22.1 Å². The van der Waals surface area contributed by atoms with Crippen LogP contribution in [-0.2, 0) is 26.1 Å². The Balaban J connectivity index is 0.00000289. The van der Waals surface area contributed by atoms with Gasteiger partial charge in [0.15, 0.2) is 5.58 Å². The van der Waals surface area contributed by atoms with Gasteiger partial charge in [-0.05, 0) is 66.3 Å². The number of H-pyrrole nitrogens is 1. The molecule has 3 aromatic heterocycles. The number of hydrogen-bond donors (Lipinski definition) is 2. The van der Waals surface area contributed by atoms with E-state index < -0.39 is 0 Å². The van der Waals surface area contributed by atoms with Crippen molar-refractivity contribution in [2.45, 2.75) is 44.9 Å². The van der Waals surface area contributed by atoms with Crippen LogP contribution in [0.3, 0.4) is 0 Å². The average molecular weight is 596 g/mol. The first-order valence-corrected chi connectivity index (χ1v) is 13.6. The first-order valence-electron chi connectivity index (χ1n) is 13.6. The molecule has 0 bridgehead atoms. The number of aryl methyl sites for hydroxylation is 1. The fraction of sp³-hybridized carbons (Fsp3) is 0.219. The van der Waals surface area contributed by atoms with E-state index in [4.69, 9.17) is 14.4 Å². The Hall–Kier alpha value is -4.01. The van der Waals surface area contributed by atoms with E-state index in [1.54, 1.807) is 0 Å². The van der Waals surface area contributed by atoms with Gasteiger partial charge in [0.25, 0.3) is 6.01 Å². The molecule has 0 saturated carbocycles. The van der Waals surface area contributed by atoms with Crippen LogP contribution >= 0.6 is 17.0 Å². The Morgan fingerprint density at radius 2 is 1.65 bits per heavy atom. The minimum absolute atomic E-state index is 0. The number of oxazole rings is 1. The van der Waals surface area contributed by atoms with Crippen molar-refractivity contribution in [1.29, 1.82) is 0 Å². The lowest BCUT2D eigenvalue weighted by atomic mass is 9.90. The Morgan fingerprint density at radius 3 is 2.50 bits per heavy atom. The van der Waals surface area contributed by atoms with Gasteiger partial charge in [-0.2, -0.15) is 4.98 Å². The molecule has 1 aliphatic rings. The van der Waals surface area contributed by atoms with Gasteiger partial charge in [0, 0.05) is 19.3 Å². The van der Waals surface area contributed by atoms with E-state index in [0.29, 0.717) is 12.6 Å². The summed E-state index contributed by atoms with van der Waals surface area (Å²) in [6.07, 6.45) is 5.28. The summed E-state index contributed by atoms with van der Waals surface area (Å²) in [5.74, 6) is 0.985. The summed E-state index contributed by atoms with van der Waals surface area (Å²) in [6, 6.07) is 29.9. The summed E-state index contributed by atoms with van der Waals surface area (Å²) >= 11 is 0. The van der Waals surface area contributed by atoms with E-state index in [9.17, 15) is 0 Å². The fourth-order valence-electron chi connectivity index (χ4n) is 5.61. The molecule has 202 valence electrons. The molecule has 0 saturated heterocycles. The van der Waals surface area contributed by atoms with E-state index in [1.807, 2.05) is 42.6 Å². The van der Waals surface area contributed by atoms with Crippen LogP contribution in [0.1, 0.15) is 47.1 Å². The topological polar surface area (TPSA) is 82.9 Å². The van der Waals surface area contributed by atoms with Gasteiger partial charge in [-0.15, -0.1) is 17.0 Å². The zero-order chi connectivity index (χ0) is 26.0. The molecule has 7 nitrogen and oxygen atoms in total. The minimum Gasteiger partial charge on any atom is -0.424 e. The highest BCUT2D eigenvalue weighted by Gasteiger charge is 2.28. The Labute approximate surface area is 243 Å². The molecule has 0 radical (unpaired) electrons. The Bertz CT molecular complexity index is 1660. The summed E-state index contributed by atoms with van der Waals surface area (Å²) in [4.78, 5) is 20.3. The molecule has 0 aliphatic heterocycles. The molecule has 0 amide bonds. The lowest BCUT2D eigenvalue weighted by Crippen LogP contribution is -2.31. The second-order valence-corrected chi connectivity index (χ2v) is 10.2. The maximum Gasteiger partial charge on any atom is 0.295 e. The highest BCUT2D eigenvalue weighted by molar-refractivity contribution is 8.93. The number of anilines is 1. The van der Waals surface area contributed by atoms with Crippen LogP contribution in [-0.4, -0.2) is 24.8 Å². The average Bonchev–Trinajstić information content (AvgIpc) is 3.59. The van der Waals surface area contributed by atoms with Crippen molar-refractivity contribution in [2.24, 2.45) is 0 Å². The van der Waals surface area contributed by atoms with Crippen LogP contribution in [0.15, 0.2) is 95.5 Å². The molecule has 0 fully saturated rings. The molecule has 1 aliphatic carbocycles. The first-order chi connectivity index (χ1) is 19.3. The monoisotopic (exact) mass is 594 g/mol. The van der Waals surface area contributed by atoms with Crippen LogP contribution in [0.5, 0.6) is 0 Å². The number of pyridine rings is 1. The van der Waals surface area contributed by atoms with Crippen molar-refractivity contribution >= 4 is 45.1 Å². The predicted molar refractivity (Wildman–Crippen MR) is 163 cm³/mol. The zero-order valence-corrected chi connectivity index (χ0v) is 23.8. The zero-order valence-electron chi connectivity index (χ0n) is 22.1. The van der Waals surface area contributed by atoms with Crippen molar-refractivity contribution in [3.63, 3.8) is 0 Å². The number of nitrogens with one attached hydrogen (secondary N) is 2. The number of halogens is 1. The highest BCUT2D eigenvalue weighted by atomic mass is 79.9. The highest BCUT2D eigenvalue weighted by Crippen LogP contribution is 2.34. The number of fused-ring (bicyclic) bond motifs is 3. The normalized spacial score (nSPS) is 14.8. The van der Waals surface area contributed by atoms with Gasteiger partial charge in [0.2, 0.25) is 0 Å². The molecule has 6 aromatic rings. The third kappa shape index (κ3) is 5.50. The van der Waals surface area contributed by atoms with Crippen molar-refractivity contribution in [3.05, 3.63) is 119 Å². The largest absolute Gasteiger partial charge is 0.424 e. The lowest BCUT2D eigenvalue weighted by Gasteiger charge is -2.34. The number of nitrogens with zero attached hydrogens (tertiary/aromatic N) is 4. The molecule has 40 heavy (non-hydrogen) atoms. The number of aromatic amines is 1. The Kier molecular flexibility index (Phi) is 7.62. The standard InChI is InChI=1S/C32H30N6O.BrH/c1-2-10-26-25(9-1)35-30(36-26)21-38(28-12-5-7-24-8-6-18-33-31(24)28)20-23-16-14-22(15-17-23)19-34-32-37-27-11-3-4-13-29(27)39-32;/h1-4,6,8-11,13-18,28H,5,7,12,19-21H2,(H,34,37)(H,35,36);1H. The maximum atomic E-state index is 5.80. The molecular formula is C32H31BrN6O. The third-order valence-corrected chi connectivity index (χ3v) is 7.54. The molecule has 3 heterocycles.